The van der Waals surface area contributed by atoms with Crippen molar-refractivity contribution < 1.29 is 18.7 Å². The number of rotatable bonds is 4. The molecule has 32 heavy (non-hydrogen) atoms. The number of H-pyrrole nitrogens is 1. The van der Waals surface area contributed by atoms with Gasteiger partial charge in [-0.2, -0.15) is 0 Å². The standard InChI is InChI=1S/C23H22FN3O3.ClH.H2O/c1-26-8-9-27(21(13-26)15-2-5-18(24)6-3-15)12-19-10-17(14-29-19)16-4-7-20-22(11-16)30-23(28)25-20;;/h2-7,10-11,14,21H,8-9,12-13H2,1H3,(H,25,28);1H;1H2/t21-;;/m1../s1. The average molecular weight is 462 g/mol. The van der Waals surface area contributed by atoms with E-state index >= 15 is 0 Å². The van der Waals surface area contributed by atoms with Crippen molar-refractivity contribution in [1.82, 2.24) is 14.8 Å². The Morgan fingerprint density at radius 2 is 1.88 bits per heavy atom. The van der Waals surface area contributed by atoms with Gasteiger partial charge in [0.2, 0.25) is 0 Å². The predicted molar refractivity (Wildman–Crippen MR) is 122 cm³/mol. The largest absolute Gasteiger partial charge is 0.467 e. The van der Waals surface area contributed by atoms with Gasteiger partial charge >= 0.3 is 5.76 Å². The van der Waals surface area contributed by atoms with Crippen molar-refractivity contribution in [2.45, 2.75) is 12.6 Å². The maximum atomic E-state index is 13.4. The Balaban J connectivity index is 0.00000144. The summed E-state index contributed by atoms with van der Waals surface area (Å²) in [5, 5.41) is 0. The Morgan fingerprint density at radius 1 is 1.09 bits per heavy atom. The van der Waals surface area contributed by atoms with Gasteiger partial charge in [0.25, 0.3) is 0 Å². The first-order chi connectivity index (χ1) is 14.5. The number of hydrogen-bond acceptors (Lipinski definition) is 5. The molecule has 0 aliphatic carbocycles. The number of halogens is 2. The zero-order valence-corrected chi connectivity index (χ0v) is 18.3. The lowest BCUT2D eigenvalue weighted by Gasteiger charge is -2.40. The third-order valence-corrected chi connectivity index (χ3v) is 5.72. The van der Waals surface area contributed by atoms with Crippen molar-refractivity contribution in [3.05, 3.63) is 82.5 Å². The summed E-state index contributed by atoms with van der Waals surface area (Å²) in [6, 6.07) is 14.5. The predicted octanol–water partition coefficient (Wildman–Crippen LogP) is 3.61. The second kappa shape index (κ2) is 9.70. The van der Waals surface area contributed by atoms with Gasteiger partial charge in [-0.3, -0.25) is 9.88 Å². The number of benzene rings is 2. The van der Waals surface area contributed by atoms with Gasteiger partial charge < -0.3 is 19.2 Å². The van der Waals surface area contributed by atoms with E-state index in [1.165, 1.54) is 12.1 Å². The van der Waals surface area contributed by atoms with Crippen LogP contribution in [0.4, 0.5) is 4.39 Å². The number of oxazole rings is 1. The minimum absolute atomic E-state index is 0. The smallest absolute Gasteiger partial charge is 0.417 e. The van der Waals surface area contributed by atoms with Crippen molar-refractivity contribution >= 4 is 23.5 Å². The summed E-state index contributed by atoms with van der Waals surface area (Å²) >= 11 is 0. The highest BCUT2D eigenvalue weighted by Gasteiger charge is 2.27. The fourth-order valence-corrected chi connectivity index (χ4v) is 4.09. The second-order valence-electron chi connectivity index (χ2n) is 7.83. The highest BCUT2D eigenvalue weighted by Crippen LogP contribution is 2.30. The SMILES string of the molecule is CN1CCN(Cc2cc(-c3ccc4[nH]c(=O)oc4c3)co2)[C@@H](c2ccc(F)cc2)C1.Cl.O. The molecule has 3 heterocycles. The number of likely N-dealkylation sites (N-methyl/N-ethyl adjacent to an activating group) is 1. The van der Waals surface area contributed by atoms with Crippen LogP contribution in [0.1, 0.15) is 17.4 Å². The molecule has 0 amide bonds. The van der Waals surface area contributed by atoms with Crippen molar-refractivity contribution in [3.63, 3.8) is 0 Å². The van der Waals surface area contributed by atoms with Crippen molar-refractivity contribution in [1.29, 1.82) is 0 Å². The third-order valence-electron chi connectivity index (χ3n) is 5.72. The Morgan fingerprint density at radius 3 is 2.66 bits per heavy atom. The van der Waals surface area contributed by atoms with E-state index < -0.39 is 5.76 Å². The minimum atomic E-state index is -0.461. The first-order valence-electron chi connectivity index (χ1n) is 9.94. The quantitative estimate of drug-likeness (QED) is 0.500. The Bertz CT molecular complexity index is 1230. The maximum Gasteiger partial charge on any atom is 0.417 e. The van der Waals surface area contributed by atoms with E-state index in [9.17, 15) is 9.18 Å². The molecular formula is C23H25ClFN3O4. The molecule has 0 spiro atoms. The molecule has 9 heteroatoms. The van der Waals surface area contributed by atoms with E-state index in [1.54, 1.807) is 6.26 Å². The Hall–Kier alpha value is -2.91. The fraction of sp³-hybridized carbons (Fsp3) is 0.261. The molecule has 170 valence electrons. The molecule has 5 rings (SSSR count). The highest BCUT2D eigenvalue weighted by atomic mass is 35.5. The molecule has 1 aliphatic rings. The van der Waals surface area contributed by atoms with E-state index in [1.807, 2.05) is 36.4 Å². The first-order valence-corrected chi connectivity index (χ1v) is 9.94. The third kappa shape index (κ3) is 4.78. The first kappa shape index (κ1) is 23.7. The number of nitrogens with zero attached hydrogens (tertiary/aromatic N) is 2. The Labute approximate surface area is 190 Å². The van der Waals surface area contributed by atoms with Crippen molar-refractivity contribution in [2.24, 2.45) is 0 Å². The number of piperazine rings is 1. The summed E-state index contributed by atoms with van der Waals surface area (Å²) in [7, 11) is 2.11. The minimum Gasteiger partial charge on any atom is -0.467 e. The van der Waals surface area contributed by atoms with Crippen LogP contribution in [0.25, 0.3) is 22.2 Å². The van der Waals surface area contributed by atoms with Gasteiger partial charge in [-0.25, -0.2) is 9.18 Å². The number of aromatic amines is 1. The van der Waals surface area contributed by atoms with E-state index in [0.717, 1.165) is 42.1 Å². The van der Waals surface area contributed by atoms with E-state index in [4.69, 9.17) is 8.83 Å². The molecular weight excluding hydrogens is 437 g/mol. The zero-order chi connectivity index (χ0) is 20.7. The normalized spacial score (nSPS) is 17.1. The van der Waals surface area contributed by atoms with Crippen LogP contribution in [0.3, 0.4) is 0 Å². The van der Waals surface area contributed by atoms with Crippen molar-refractivity contribution in [3.8, 4) is 11.1 Å². The molecule has 2 aromatic carbocycles. The van der Waals surface area contributed by atoms with Crippen LogP contribution in [0.2, 0.25) is 0 Å². The van der Waals surface area contributed by atoms with Gasteiger partial charge in [0.1, 0.15) is 11.6 Å². The number of fused-ring (bicyclic) bond motifs is 1. The second-order valence-corrected chi connectivity index (χ2v) is 7.83. The Kier molecular flexibility index (Phi) is 7.20. The summed E-state index contributed by atoms with van der Waals surface area (Å²) in [5.74, 6) is 0.176. The van der Waals surface area contributed by atoms with Crippen LogP contribution in [-0.2, 0) is 6.54 Å². The van der Waals surface area contributed by atoms with E-state index in [-0.39, 0.29) is 29.7 Å². The monoisotopic (exact) mass is 461 g/mol. The highest BCUT2D eigenvalue weighted by molar-refractivity contribution is 5.85. The van der Waals surface area contributed by atoms with Gasteiger partial charge in [0, 0.05) is 31.2 Å². The van der Waals surface area contributed by atoms with Crippen molar-refractivity contribution in [2.75, 3.05) is 26.7 Å². The molecule has 2 aromatic heterocycles. The molecule has 0 radical (unpaired) electrons. The number of hydrogen-bond donors (Lipinski definition) is 1. The zero-order valence-electron chi connectivity index (χ0n) is 17.5. The van der Waals surface area contributed by atoms with Gasteiger partial charge in [-0.15, -0.1) is 12.4 Å². The van der Waals surface area contributed by atoms with E-state index in [2.05, 4.69) is 21.8 Å². The lowest BCUT2D eigenvalue weighted by molar-refractivity contribution is 0.0772. The molecule has 0 unspecified atom stereocenters. The molecule has 4 aromatic rings. The molecule has 1 atom stereocenters. The fourth-order valence-electron chi connectivity index (χ4n) is 4.09. The van der Waals surface area contributed by atoms with E-state index in [0.29, 0.717) is 17.6 Å². The van der Waals surface area contributed by atoms with Crippen LogP contribution in [0.15, 0.2) is 68.4 Å². The summed E-state index contributed by atoms with van der Waals surface area (Å²) in [6.45, 7) is 3.41. The molecule has 7 nitrogen and oxygen atoms in total. The lowest BCUT2D eigenvalue weighted by atomic mass is 10.0. The number of nitrogens with one attached hydrogen (secondary N) is 1. The van der Waals surface area contributed by atoms with Crippen LogP contribution >= 0.6 is 12.4 Å². The van der Waals surface area contributed by atoms with Crippen LogP contribution in [-0.4, -0.2) is 46.9 Å². The van der Waals surface area contributed by atoms with Gasteiger partial charge in [0.15, 0.2) is 5.58 Å². The molecule has 0 bridgehead atoms. The van der Waals surface area contributed by atoms with Crippen LogP contribution in [0, 0.1) is 5.82 Å². The molecule has 3 N–H and O–H groups in total. The van der Waals surface area contributed by atoms with Gasteiger partial charge in [0.05, 0.1) is 18.3 Å². The van der Waals surface area contributed by atoms with Gasteiger partial charge in [-0.1, -0.05) is 18.2 Å². The van der Waals surface area contributed by atoms with Crippen LogP contribution in [0.5, 0.6) is 0 Å². The average Bonchev–Trinajstić information content (AvgIpc) is 3.35. The molecule has 1 fully saturated rings. The summed E-state index contributed by atoms with van der Waals surface area (Å²) in [4.78, 5) is 18.7. The number of furan rings is 1. The summed E-state index contributed by atoms with van der Waals surface area (Å²) in [6.07, 6.45) is 1.73. The lowest BCUT2D eigenvalue weighted by Crippen LogP contribution is -2.46. The number of aromatic nitrogens is 1. The summed E-state index contributed by atoms with van der Waals surface area (Å²) < 4.78 is 24.4. The maximum absolute atomic E-state index is 13.4. The topological polar surface area (TPSA) is 97.1 Å². The van der Waals surface area contributed by atoms with Crippen LogP contribution < -0.4 is 5.76 Å². The molecule has 1 saturated heterocycles. The summed E-state index contributed by atoms with van der Waals surface area (Å²) in [5.41, 5.74) is 4.15. The van der Waals surface area contributed by atoms with Gasteiger partial charge in [-0.05, 0) is 48.5 Å². The molecule has 1 aliphatic heterocycles. The molecule has 0 saturated carbocycles.